The van der Waals surface area contributed by atoms with Crippen molar-refractivity contribution in [3.05, 3.63) is 71.6 Å². The Morgan fingerprint density at radius 1 is 1.06 bits per heavy atom. The molecule has 7 heteroatoms. The van der Waals surface area contributed by atoms with Crippen LogP contribution in [0, 0.1) is 12.8 Å². The molecular formula is C26H31N3O4. The highest BCUT2D eigenvalue weighted by Crippen LogP contribution is 2.19. The Hall–Kier alpha value is -3.61. The lowest BCUT2D eigenvalue weighted by atomic mass is 10.0. The molecule has 2 aromatic carbocycles. The van der Waals surface area contributed by atoms with Gasteiger partial charge in [-0.05, 0) is 56.2 Å². The van der Waals surface area contributed by atoms with E-state index >= 15 is 0 Å². The van der Waals surface area contributed by atoms with Crippen molar-refractivity contribution in [3.63, 3.8) is 0 Å². The average molecular weight is 450 g/mol. The summed E-state index contributed by atoms with van der Waals surface area (Å²) in [5, 5.41) is 5.73. The smallest absolute Gasteiger partial charge is 0.251 e. The fraction of sp³-hybridized carbons (Fsp3) is 0.346. The monoisotopic (exact) mass is 449 g/mol. The molecule has 2 amide bonds. The molecule has 33 heavy (non-hydrogen) atoms. The molecule has 0 saturated heterocycles. The highest BCUT2D eigenvalue weighted by atomic mass is 16.5. The Balaban J connectivity index is 1.53. The van der Waals surface area contributed by atoms with E-state index < -0.39 is 6.04 Å². The zero-order valence-corrected chi connectivity index (χ0v) is 19.6. The molecule has 0 aliphatic heterocycles. The van der Waals surface area contributed by atoms with Gasteiger partial charge >= 0.3 is 0 Å². The van der Waals surface area contributed by atoms with E-state index in [1.807, 2.05) is 52.0 Å². The van der Waals surface area contributed by atoms with Crippen molar-refractivity contribution in [2.75, 3.05) is 13.2 Å². The minimum Gasteiger partial charge on any atom is -0.494 e. The van der Waals surface area contributed by atoms with Crippen molar-refractivity contribution in [1.29, 1.82) is 0 Å². The van der Waals surface area contributed by atoms with E-state index in [0.717, 1.165) is 11.3 Å². The van der Waals surface area contributed by atoms with Gasteiger partial charge in [-0.2, -0.15) is 0 Å². The number of rotatable bonds is 10. The van der Waals surface area contributed by atoms with Gasteiger partial charge in [0.05, 0.1) is 12.3 Å². The third-order valence-corrected chi connectivity index (χ3v) is 5.19. The first kappa shape index (κ1) is 24.0. The lowest BCUT2D eigenvalue weighted by molar-refractivity contribution is -0.123. The van der Waals surface area contributed by atoms with Gasteiger partial charge in [0, 0.05) is 24.1 Å². The van der Waals surface area contributed by atoms with Crippen molar-refractivity contribution in [3.8, 4) is 17.2 Å². The maximum atomic E-state index is 12.7. The van der Waals surface area contributed by atoms with Crippen LogP contribution in [-0.2, 0) is 11.2 Å². The SMILES string of the molecule is CCOc1ccc(C(=O)NC(C(=O)NCCc2coc(-c3ccc(C)cc3)n2)C(C)C)cc1. The zero-order valence-electron chi connectivity index (χ0n) is 19.6. The van der Waals surface area contributed by atoms with E-state index in [-0.39, 0.29) is 17.7 Å². The number of ether oxygens (including phenoxy) is 1. The molecule has 1 atom stereocenters. The van der Waals surface area contributed by atoms with Gasteiger partial charge in [-0.1, -0.05) is 31.5 Å². The van der Waals surface area contributed by atoms with Gasteiger partial charge in [0.15, 0.2) is 0 Å². The Bertz CT molecular complexity index is 1060. The Kier molecular flexibility index (Phi) is 8.24. The molecule has 0 radical (unpaired) electrons. The average Bonchev–Trinajstić information content (AvgIpc) is 3.27. The molecule has 0 aliphatic carbocycles. The number of benzene rings is 2. The van der Waals surface area contributed by atoms with Crippen LogP contribution in [0.3, 0.4) is 0 Å². The minimum absolute atomic E-state index is 0.0724. The second kappa shape index (κ2) is 11.3. The first-order valence-electron chi connectivity index (χ1n) is 11.2. The number of oxazole rings is 1. The van der Waals surface area contributed by atoms with E-state index in [9.17, 15) is 9.59 Å². The number of nitrogens with one attached hydrogen (secondary N) is 2. The van der Waals surface area contributed by atoms with Crippen LogP contribution in [0.5, 0.6) is 5.75 Å². The molecule has 1 aromatic heterocycles. The van der Waals surface area contributed by atoms with Gasteiger partial charge in [-0.25, -0.2) is 4.98 Å². The van der Waals surface area contributed by atoms with Crippen molar-refractivity contribution in [2.45, 2.75) is 40.2 Å². The number of nitrogens with zero attached hydrogens (tertiary/aromatic N) is 1. The Morgan fingerprint density at radius 2 is 1.76 bits per heavy atom. The summed E-state index contributed by atoms with van der Waals surface area (Å²) in [5.41, 5.74) is 3.31. The first-order valence-corrected chi connectivity index (χ1v) is 11.2. The molecule has 174 valence electrons. The summed E-state index contributed by atoms with van der Waals surface area (Å²) in [6, 6.07) is 14.2. The van der Waals surface area contributed by atoms with E-state index in [0.29, 0.717) is 36.8 Å². The standard InChI is InChI=1S/C26H31N3O4/c1-5-32-22-12-10-19(11-13-22)24(30)29-23(17(2)3)25(31)27-15-14-21-16-33-26(28-21)20-8-6-18(4)7-9-20/h6-13,16-17,23H,5,14-15H2,1-4H3,(H,27,31)(H,29,30). The predicted molar refractivity (Wildman–Crippen MR) is 127 cm³/mol. The first-order chi connectivity index (χ1) is 15.9. The summed E-state index contributed by atoms with van der Waals surface area (Å²) in [4.78, 5) is 29.9. The third-order valence-electron chi connectivity index (χ3n) is 5.19. The van der Waals surface area contributed by atoms with Crippen molar-refractivity contribution >= 4 is 11.8 Å². The molecule has 0 aliphatic rings. The molecule has 0 saturated carbocycles. The maximum Gasteiger partial charge on any atom is 0.251 e. The lowest BCUT2D eigenvalue weighted by Gasteiger charge is -2.21. The number of carbonyl (C=O) groups excluding carboxylic acids is 2. The van der Waals surface area contributed by atoms with Gasteiger partial charge in [0.25, 0.3) is 5.91 Å². The number of aryl methyl sites for hydroxylation is 1. The van der Waals surface area contributed by atoms with Crippen molar-refractivity contribution < 1.29 is 18.7 Å². The summed E-state index contributed by atoms with van der Waals surface area (Å²) in [7, 11) is 0. The second-order valence-electron chi connectivity index (χ2n) is 8.20. The van der Waals surface area contributed by atoms with Crippen LogP contribution < -0.4 is 15.4 Å². The van der Waals surface area contributed by atoms with Crippen molar-refractivity contribution in [1.82, 2.24) is 15.6 Å². The van der Waals surface area contributed by atoms with E-state index in [1.54, 1.807) is 30.5 Å². The second-order valence-corrected chi connectivity index (χ2v) is 8.20. The zero-order chi connectivity index (χ0) is 23.8. The summed E-state index contributed by atoms with van der Waals surface area (Å²) < 4.78 is 11.0. The van der Waals surface area contributed by atoms with Crippen LogP contribution in [-0.4, -0.2) is 36.0 Å². The molecule has 3 aromatic rings. The predicted octanol–water partition coefficient (Wildman–Crippen LogP) is 4.16. The van der Waals surface area contributed by atoms with Crippen LogP contribution >= 0.6 is 0 Å². The normalized spacial score (nSPS) is 11.8. The largest absolute Gasteiger partial charge is 0.494 e. The van der Waals surface area contributed by atoms with Crippen molar-refractivity contribution in [2.24, 2.45) is 5.92 Å². The number of hydrogen-bond donors (Lipinski definition) is 2. The number of aromatic nitrogens is 1. The van der Waals surface area contributed by atoms with Crippen LogP contribution in [0.25, 0.3) is 11.5 Å². The van der Waals surface area contributed by atoms with Crippen LogP contribution in [0.1, 0.15) is 42.4 Å². The molecule has 0 spiro atoms. The van der Waals surface area contributed by atoms with Gasteiger partial charge in [-0.15, -0.1) is 0 Å². The highest BCUT2D eigenvalue weighted by molar-refractivity contribution is 5.97. The molecule has 1 heterocycles. The minimum atomic E-state index is -0.649. The number of amides is 2. The fourth-order valence-corrected chi connectivity index (χ4v) is 3.30. The van der Waals surface area contributed by atoms with Gasteiger partial charge < -0.3 is 19.8 Å². The Labute approximate surface area is 194 Å². The van der Waals surface area contributed by atoms with Gasteiger partial charge in [-0.3, -0.25) is 9.59 Å². The van der Waals surface area contributed by atoms with E-state index in [4.69, 9.17) is 9.15 Å². The highest BCUT2D eigenvalue weighted by Gasteiger charge is 2.24. The molecule has 0 fully saturated rings. The van der Waals surface area contributed by atoms with Gasteiger partial charge in [0.1, 0.15) is 18.1 Å². The molecule has 0 bridgehead atoms. The summed E-state index contributed by atoms with van der Waals surface area (Å²) in [5.74, 6) is 0.652. The van der Waals surface area contributed by atoms with Gasteiger partial charge in [0.2, 0.25) is 11.8 Å². The lowest BCUT2D eigenvalue weighted by Crippen LogP contribution is -2.50. The topological polar surface area (TPSA) is 93.5 Å². The fourth-order valence-electron chi connectivity index (χ4n) is 3.30. The van der Waals surface area contributed by atoms with E-state index in [1.165, 1.54) is 5.56 Å². The molecule has 7 nitrogen and oxygen atoms in total. The molecule has 3 rings (SSSR count). The molecular weight excluding hydrogens is 418 g/mol. The molecule has 1 unspecified atom stereocenters. The number of carbonyl (C=O) groups is 2. The van der Waals surface area contributed by atoms with Crippen LogP contribution in [0.2, 0.25) is 0 Å². The quantitative estimate of drug-likeness (QED) is 0.485. The summed E-state index contributed by atoms with van der Waals surface area (Å²) >= 11 is 0. The van der Waals surface area contributed by atoms with Crippen LogP contribution in [0.4, 0.5) is 0 Å². The third kappa shape index (κ3) is 6.68. The number of hydrogen-bond acceptors (Lipinski definition) is 5. The summed E-state index contributed by atoms with van der Waals surface area (Å²) in [6.45, 7) is 8.67. The maximum absolute atomic E-state index is 12.7. The summed E-state index contributed by atoms with van der Waals surface area (Å²) in [6.07, 6.45) is 2.13. The molecule has 2 N–H and O–H groups in total. The Morgan fingerprint density at radius 3 is 2.39 bits per heavy atom. The van der Waals surface area contributed by atoms with E-state index in [2.05, 4.69) is 15.6 Å². The van der Waals surface area contributed by atoms with Crippen LogP contribution in [0.15, 0.2) is 59.2 Å².